The summed E-state index contributed by atoms with van der Waals surface area (Å²) in [5, 5.41) is 0. The summed E-state index contributed by atoms with van der Waals surface area (Å²) in [5.74, 6) is 0. The van der Waals surface area contributed by atoms with E-state index < -0.39 is 5.60 Å². The van der Waals surface area contributed by atoms with Gasteiger partial charge in [-0.15, -0.1) is 0 Å². The zero-order valence-corrected chi connectivity index (χ0v) is 13.4. The molecule has 0 atom stereocenters. The van der Waals surface area contributed by atoms with Crippen LogP contribution in [-0.4, -0.2) is 16.3 Å². The van der Waals surface area contributed by atoms with Gasteiger partial charge in [-0.05, 0) is 84.5 Å². The smallest absolute Gasteiger partial charge is 0.420 e. The van der Waals surface area contributed by atoms with E-state index in [4.69, 9.17) is 4.74 Å². The van der Waals surface area contributed by atoms with Gasteiger partial charge in [-0.3, -0.25) is 0 Å². The fraction of sp³-hybridized carbons (Fsp3) is 0.500. The van der Waals surface area contributed by atoms with Crippen molar-refractivity contribution < 1.29 is 9.53 Å². The van der Waals surface area contributed by atoms with Crippen LogP contribution >= 0.6 is 45.2 Å². The van der Waals surface area contributed by atoms with Gasteiger partial charge < -0.3 is 4.74 Å². The fourth-order valence-corrected chi connectivity index (χ4v) is 3.03. The number of rotatable bonds is 0. The van der Waals surface area contributed by atoms with Crippen molar-refractivity contribution in [1.29, 1.82) is 0 Å². The minimum Gasteiger partial charge on any atom is -0.443 e. The number of halogens is 2. The van der Waals surface area contributed by atoms with Crippen LogP contribution in [0.1, 0.15) is 26.3 Å². The lowest BCUT2D eigenvalue weighted by molar-refractivity contribution is 0.0529. The maximum absolute atomic E-state index is 11.8. The third-order valence-corrected chi connectivity index (χ3v) is 3.77. The van der Waals surface area contributed by atoms with Gasteiger partial charge in [0.1, 0.15) is 5.60 Å². The van der Waals surface area contributed by atoms with E-state index in [0.717, 1.165) is 13.0 Å². The number of nitrogens with zero attached hydrogens (tertiary/aromatic N) is 1. The van der Waals surface area contributed by atoms with Gasteiger partial charge >= 0.3 is 6.09 Å². The molecule has 0 radical (unpaired) electrons. The van der Waals surface area contributed by atoms with E-state index in [-0.39, 0.29) is 6.09 Å². The minimum atomic E-state index is -0.457. The molecule has 0 saturated carbocycles. The molecule has 3 nitrogen and oxygen atoms in total. The fourth-order valence-electron chi connectivity index (χ4n) is 1.05. The number of aryl methyl sites for hydroxylation is 1. The number of hydrogen-bond donors (Lipinski definition) is 0. The summed E-state index contributed by atoms with van der Waals surface area (Å²) >= 11 is 4.28. The van der Waals surface area contributed by atoms with E-state index >= 15 is 0 Å². The van der Waals surface area contributed by atoms with Gasteiger partial charge in [0.25, 0.3) is 0 Å². The quantitative estimate of drug-likeness (QED) is 0.584. The molecule has 0 spiro atoms. The summed E-state index contributed by atoms with van der Waals surface area (Å²) in [7, 11) is 0. The highest BCUT2D eigenvalue weighted by Gasteiger charge is 2.21. The van der Waals surface area contributed by atoms with Crippen LogP contribution in [0.2, 0.25) is 0 Å². The summed E-state index contributed by atoms with van der Waals surface area (Å²) in [5.41, 5.74) is 0.632. The Balaban J connectivity index is 3.02. The lowest BCUT2D eigenvalue weighted by Gasteiger charge is -2.20. The average molecular weight is 433 g/mol. The first-order valence-electron chi connectivity index (χ1n) is 4.49. The van der Waals surface area contributed by atoms with Gasteiger partial charge in [0.05, 0.1) is 7.40 Å². The Morgan fingerprint density at radius 2 is 1.93 bits per heavy atom. The topological polar surface area (TPSA) is 31.2 Å². The van der Waals surface area contributed by atoms with Crippen LogP contribution in [0.3, 0.4) is 0 Å². The average Bonchev–Trinajstić information content (AvgIpc) is 2.22. The maximum Gasteiger partial charge on any atom is 0.420 e. The molecule has 0 aliphatic rings. The minimum absolute atomic E-state index is 0.315. The molecular formula is C10H13I2NO2. The Kier molecular flexibility index (Phi) is 4.07. The Hall–Kier alpha value is 0.210. The number of carbonyl (C=O) groups excluding carboxylic acids is 1. The van der Waals surface area contributed by atoms with Crippen LogP contribution in [0.4, 0.5) is 4.79 Å². The van der Waals surface area contributed by atoms with Crippen LogP contribution in [0.5, 0.6) is 0 Å². The van der Waals surface area contributed by atoms with E-state index in [1.807, 2.05) is 33.8 Å². The predicted molar refractivity (Wildman–Crippen MR) is 76.2 cm³/mol. The van der Waals surface area contributed by atoms with Gasteiger partial charge in [0.2, 0.25) is 0 Å². The molecule has 0 aliphatic carbocycles. The second-order valence-corrected chi connectivity index (χ2v) is 6.38. The van der Waals surface area contributed by atoms with E-state index in [0.29, 0.717) is 0 Å². The Morgan fingerprint density at radius 1 is 1.40 bits per heavy atom. The number of aromatic nitrogens is 1. The molecule has 0 fully saturated rings. The van der Waals surface area contributed by atoms with E-state index in [1.54, 1.807) is 4.57 Å². The van der Waals surface area contributed by atoms with Crippen molar-refractivity contribution in [3.8, 4) is 0 Å². The molecule has 0 amide bonds. The third-order valence-electron chi connectivity index (χ3n) is 1.65. The highest BCUT2D eigenvalue weighted by atomic mass is 127. The van der Waals surface area contributed by atoms with Crippen molar-refractivity contribution >= 4 is 51.3 Å². The lowest BCUT2D eigenvalue weighted by atomic mass is 10.2. The highest BCUT2D eigenvalue weighted by molar-refractivity contribution is 14.1. The first kappa shape index (κ1) is 13.3. The largest absolute Gasteiger partial charge is 0.443 e. The van der Waals surface area contributed by atoms with Crippen LogP contribution in [-0.2, 0) is 4.74 Å². The van der Waals surface area contributed by atoms with Gasteiger partial charge in [0, 0.05) is 0 Å². The zero-order chi connectivity index (χ0) is 11.8. The molecule has 0 unspecified atom stereocenters. The van der Waals surface area contributed by atoms with Crippen molar-refractivity contribution in [2.75, 3.05) is 0 Å². The van der Waals surface area contributed by atoms with Crippen molar-refractivity contribution in [2.45, 2.75) is 33.3 Å². The number of ether oxygens (including phenoxy) is 1. The third kappa shape index (κ3) is 3.33. The van der Waals surface area contributed by atoms with Crippen LogP contribution in [0.15, 0.2) is 6.07 Å². The van der Waals surface area contributed by atoms with E-state index in [1.165, 1.54) is 0 Å². The second-order valence-electron chi connectivity index (χ2n) is 4.26. The maximum atomic E-state index is 11.8. The SMILES string of the molecule is Cc1cc(I)n(C(=O)OC(C)(C)C)c1I. The highest BCUT2D eigenvalue weighted by Crippen LogP contribution is 2.21. The summed E-state index contributed by atoms with van der Waals surface area (Å²) in [4.78, 5) is 11.8. The first-order valence-corrected chi connectivity index (χ1v) is 6.65. The van der Waals surface area contributed by atoms with Gasteiger partial charge in [-0.1, -0.05) is 0 Å². The van der Waals surface area contributed by atoms with Crippen molar-refractivity contribution in [3.63, 3.8) is 0 Å². The molecule has 1 aromatic rings. The molecular weight excluding hydrogens is 420 g/mol. The van der Waals surface area contributed by atoms with Gasteiger partial charge in [-0.25, -0.2) is 9.36 Å². The summed E-state index contributed by atoms with van der Waals surface area (Å²) < 4.78 is 8.69. The first-order chi connectivity index (χ1) is 6.72. The van der Waals surface area contributed by atoms with Crippen LogP contribution in [0.25, 0.3) is 0 Å². The van der Waals surface area contributed by atoms with E-state index in [9.17, 15) is 4.79 Å². The summed E-state index contributed by atoms with van der Waals surface area (Å²) in [6.45, 7) is 7.56. The van der Waals surface area contributed by atoms with Crippen molar-refractivity contribution in [3.05, 3.63) is 19.0 Å². The van der Waals surface area contributed by atoms with Crippen molar-refractivity contribution in [1.82, 2.24) is 4.57 Å². The Morgan fingerprint density at radius 3 is 2.27 bits per heavy atom. The zero-order valence-electron chi connectivity index (χ0n) is 9.10. The Bertz CT molecular complexity index is 391. The Labute approximate surface area is 117 Å². The van der Waals surface area contributed by atoms with Gasteiger partial charge in [-0.2, -0.15) is 0 Å². The molecule has 0 bridgehead atoms. The molecule has 0 N–H and O–H groups in total. The molecule has 1 heterocycles. The molecule has 0 aliphatic heterocycles. The van der Waals surface area contributed by atoms with Crippen LogP contribution < -0.4 is 0 Å². The van der Waals surface area contributed by atoms with Gasteiger partial charge in [0.15, 0.2) is 0 Å². The standard InChI is InChI=1S/C10H13I2NO2/c1-6-5-7(11)13(8(6)12)9(14)15-10(2,3)4/h5H,1-4H3. The summed E-state index contributed by atoms with van der Waals surface area (Å²) in [6, 6.07) is 1.96. The predicted octanol–water partition coefficient (Wildman–Crippen LogP) is 3.79. The lowest BCUT2D eigenvalue weighted by Crippen LogP contribution is -2.28. The van der Waals surface area contributed by atoms with E-state index in [2.05, 4.69) is 45.2 Å². The summed E-state index contributed by atoms with van der Waals surface area (Å²) in [6.07, 6.45) is -0.315. The monoisotopic (exact) mass is 433 g/mol. The second kappa shape index (κ2) is 4.60. The number of hydrogen-bond acceptors (Lipinski definition) is 2. The number of carbonyl (C=O) groups is 1. The normalized spacial score (nSPS) is 11.6. The van der Waals surface area contributed by atoms with Crippen molar-refractivity contribution in [2.24, 2.45) is 0 Å². The molecule has 15 heavy (non-hydrogen) atoms. The molecule has 0 saturated heterocycles. The molecule has 1 aromatic heterocycles. The molecule has 5 heteroatoms. The van der Waals surface area contributed by atoms with Crippen LogP contribution in [0, 0.1) is 14.3 Å². The molecule has 84 valence electrons. The molecule has 0 aromatic carbocycles. The molecule has 1 rings (SSSR count).